The van der Waals surface area contributed by atoms with Gasteiger partial charge in [0.25, 0.3) is 0 Å². The topological polar surface area (TPSA) is 76.2 Å². The van der Waals surface area contributed by atoms with Crippen molar-refractivity contribution in [2.24, 2.45) is 5.41 Å². The van der Waals surface area contributed by atoms with Crippen LogP contribution in [0.4, 0.5) is 0 Å². The van der Waals surface area contributed by atoms with Crippen molar-refractivity contribution in [3.63, 3.8) is 0 Å². The van der Waals surface area contributed by atoms with Gasteiger partial charge in [0.05, 0.1) is 24.7 Å². The minimum atomic E-state index is -3.70. The molecule has 2 aliphatic rings. The highest BCUT2D eigenvalue weighted by Crippen LogP contribution is 2.37. The van der Waals surface area contributed by atoms with E-state index in [9.17, 15) is 13.2 Å². The molecule has 0 bridgehead atoms. The van der Waals surface area contributed by atoms with E-state index in [1.807, 2.05) is 0 Å². The number of nitrogens with zero attached hydrogens (tertiary/aromatic N) is 2. The summed E-state index contributed by atoms with van der Waals surface area (Å²) in [4.78, 5) is 15.3. The predicted octanol–water partition coefficient (Wildman–Crippen LogP) is 4.20. The highest BCUT2D eigenvalue weighted by molar-refractivity contribution is 9.10. The zero-order valence-electron chi connectivity index (χ0n) is 18.8. The Balaban J connectivity index is 1.57. The first-order valence-electron chi connectivity index (χ1n) is 11.3. The van der Waals surface area contributed by atoms with Crippen molar-refractivity contribution in [3.05, 3.63) is 58.0 Å². The van der Waals surface area contributed by atoms with Gasteiger partial charge in [-0.1, -0.05) is 27.5 Å². The van der Waals surface area contributed by atoms with E-state index in [0.29, 0.717) is 56.5 Å². The summed E-state index contributed by atoms with van der Waals surface area (Å²) < 4.78 is 40.6. The molecule has 0 radical (unpaired) electrons. The molecule has 2 aromatic carbocycles. The van der Waals surface area contributed by atoms with Gasteiger partial charge in [0.15, 0.2) is 0 Å². The molecule has 1 amide bonds. The monoisotopic (exact) mass is 570 g/mol. The Morgan fingerprint density at radius 1 is 1.06 bits per heavy atom. The quantitative estimate of drug-likeness (QED) is 0.498. The largest absolute Gasteiger partial charge is 0.493 e. The van der Waals surface area contributed by atoms with E-state index in [2.05, 4.69) is 15.9 Å². The molecule has 0 N–H and O–H groups in total. The van der Waals surface area contributed by atoms with E-state index in [4.69, 9.17) is 21.1 Å². The van der Waals surface area contributed by atoms with Crippen LogP contribution in [0.3, 0.4) is 0 Å². The van der Waals surface area contributed by atoms with Gasteiger partial charge in [-0.05, 0) is 61.4 Å². The fraction of sp³-hybridized carbons (Fsp3) is 0.458. The predicted molar refractivity (Wildman–Crippen MR) is 134 cm³/mol. The first kappa shape index (κ1) is 25.4. The van der Waals surface area contributed by atoms with Crippen LogP contribution in [-0.2, 0) is 19.6 Å². The average Bonchev–Trinajstić information content (AvgIpc) is 2.85. The molecule has 1 unspecified atom stereocenters. The number of benzene rings is 2. The molecule has 0 spiro atoms. The van der Waals surface area contributed by atoms with Gasteiger partial charge in [-0.3, -0.25) is 4.79 Å². The molecular formula is C24H28BrClN2O5S. The third kappa shape index (κ3) is 6.12. The molecule has 184 valence electrons. The number of sulfonamides is 1. The van der Waals surface area contributed by atoms with Crippen molar-refractivity contribution in [2.45, 2.75) is 24.2 Å². The van der Waals surface area contributed by atoms with Crippen LogP contribution in [0.2, 0.25) is 5.02 Å². The molecule has 2 aliphatic heterocycles. The standard InChI is InChI=1S/C24H28BrClN2O5S/c25-19-2-8-22(9-3-19)34(30,31)28-11-1-10-24(17-28,16-23(29)27-12-14-32-15-13-27)18-33-21-6-4-20(26)5-7-21/h2-9H,1,10-18H2. The molecule has 1 atom stereocenters. The van der Waals surface area contributed by atoms with E-state index in [1.54, 1.807) is 53.4 Å². The highest BCUT2D eigenvalue weighted by Gasteiger charge is 2.43. The van der Waals surface area contributed by atoms with E-state index in [-0.39, 0.29) is 30.4 Å². The number of ether oxygens (including phenoxy) is 2. The van der Waals surface area contributed by atoms with Crippen molar-refractivity contribution in [1.82, 2.24) is 9.21 Å². The number of amides is 1. The van der Waals surface area contributed by atoms with Crippen molar-refractivity contribution >= 4 is 43.5 Å². The Bertz CT molecular complexity index is 1090. The number of morpholine rings is 1. The molecule has 4 rings (SSSR count). The maximum Gasteiger partial charge on any atom is 0.243 e. The summed E-state index contributed by atoms with van der Waals surface area (Å²) in [5, 5.41) is 0.606. The number of piperidine rings is 1. The van der Waals surface area contributed by atoms with Crippen LogP contribution in [0.5, 0.6) is 5.75 Å². The number of halogens is 2. The van der Waals surface area contributed by atoms with Gasteiger partial charge in [0.2, 0.25) is 15.9 Å². The molecule has 0 aromatic heterocycles. The fourth-order valence-corrected chi connectivity index (χ4v) is 6.43. The zero-order valence-corrected chi connectivity index (χ0v) is 21.9. The number of rotatable bonds is 7. The van der Waals surface area contributed by atoms with Crippen LogP contribution in [-0.4, -0.2) is 69.5 Å². The summed E-state index contributed by atoms with van der Waals surface area (Å²) in [7, 11) is -3.70. The lowest BCUT2D eigenvalue weighted by Crippen LogP contribution is -2.51. The van der Waals surface area contributed by atoms with Crippen LogP contribution in [0.1, 0.15) is 19.3 Å². The van der Waals surface area contributed by atoms with Gasteiger partial charge in [0.1, 0.15) is 5.75 Å². The van der Waals surface area contributed by atoms with Crippen molar-refractivity contribution in [3.8, 4) is 5.75 Å². The fourth-order valence-electron chi connectivity index (χ4n) is 4.45. The van der Waals surface area contributed by atoms with Crippen LogP contribution < -0.4 is 4.74 Å². The van der Waals surface area contributed by atoms with E-state index in [0.717, 1.165) is 4.47 Å². The SMILES string of the molecule is O=C(CC1(COc2ccc(Cl)cc2)CCCN(S(=O)(=O)c2ccc(Br)cc2)C1)N1CCOCC1. The van der Waals surface area contributed by atoms with Crippen LogP contribution in [0.15, 0.2) is 57.9 Å². The Kier molecular flexibility index (Phi) is 8.20. The lowest BCUT2D eigenvalue weighted by Gasteiger charge is -2.42. The summed E-state index contributed by atoms with van der Waals surface area (Å²) in [5.41, 5.74) is -0.643. The summed E-state index contributed by atoms with van der Waals surface area (Å²) in [6.07, 6.45) is 1.56. The molecule has 2 aromatic rings. The first-order valence-corrected chi connectivity index (χ1v) is 13.9. The van der Waals surface area contributed by atoms with Crippen molar-refractivity contribution < 1.29 is 22.7 Å². The summed E-state index contributed by atoms with van der Waals surface area (Å²) in [6, 6.07) is 13.7. The highest BCUT2D eigenvalue weighted by atomic mass is 79.9. The number of hydrogen-bond donors (Lipinski definition) is 0. The number of carbonyl (C=O) groups is 1. The van der Waals surface area contributed by atoms with E-state index < -0.39 is 15.4 Å². The minimum Gasteiger partial charge on any atom is -0.493 e. The maximum absolute atomic E-state index is 13.4. The second-order valence-corrected chi connectivity index (χ2v) is 12.1. The van der Waals surface area contributed by atoms with Gasteiger partial charge in [-0.25, -0.2) is 8.42 Å². The number of hydrogen-bond acceptors (Lipinski definition) is 5. The van der Waals surface area contributed by atoms with E-state index >= 15 is 0 Å². The second-order valence-electron chi connectivity index (χ2n) is 8.81. The van der Waals surface area contributed by atoms with Gasteiger partial charge in [-0.2, -0.15) is 4.31 Å². The number of carbonyl (C=O) groups excluding carboxylic acids is 1. The lowest BCUT2D eigenvalue weighted by atomic mass is 9.78. The van der Waals surface area contributed by atoms with Crippen molar-refractivity contribution in [1.29, 1.82) is 0 Å². The Hall–Kier alpha value is -1.65. The second kappa shape index (κ2) is 11.0. The lowest BCUT2D eigenvalue weighted by molar-refractivity contribution is -0.139. The van der Waals surface area contributed by atoms with Gasteiger partial charge in [-0.15, -0.1) is 0 Å². The third-order valence-corrected chi connectivity index (χ3v) is 8.97. The Labute approximate surface area is 214 Å². The first-order chi connectivity index (χ1) is 16.3. The minimum absolute atomic E-state index is 0.00546. The Morgan fingerprint density at radius 2 is 1.74 bits per heavy atom. The van der Waals surface area contributed by atoms with Gasteiger partial charge >= 0.3 is 0 Å². The maximum atomic E-state index is 13.4. The van der Waals surface area contributed by atoms with Crippen LogP contribution in [0.25, 0.3) is 0 Å². The van der Waals surface area contributed by atoms with Gasteiger partial charge in [0, 0.05) is 47.5 Å². The smallest absolute Gasteiger partial charge is 0.243 e. The molecule has 7 nitrogen and oxygen atoms in total. The molecule has 2 saturated heterocycles. The molecule has 2 heterocycles. The molecule has 10 heteroatoms. The molecular weight excluding hydrogens is 544 g/mol. The zero-order chi connectivity index (χ0) is 24.2. The van der Waals surface area contributed by atoms with E-state index in [1.165, 1.54) is 4.31 Å². The van der Waals surface area contributed by atoms with Crippen LogP contribution in [0, 0.1) is 5.41 Å². The summed E-state index contributed by atoms with van der Waals surface area (Å²) in [5.74, 6) is 0.640. The van der Waals surface area contributed by atoms with Crippen LogP contribution >= 0.6 is 27.5 Å². The molecule has 0 saturated carbocycles. The average molecular weight is 572 g/mol. The Morgan fingerprint density at radius 3 is 2.41 bits per heavy atom. The third-order valence-electron chi connectivity index (χ3n) is 6.33. The van der Waals surface area contributed by atoms with Crippen molar-refractivity contribution in [2.75, 3.05) is 46.0 Å². The molecule has 0 aliphatic carbocycles. The summed E-state index contributed by atoms with van der Waals surface area (Å²) >= 11 is 9.34. The molecule has 2 fully saturated rings. The normalized spacial score (nSPS) is 21.9. The molecule has 34 heavy (non-hydrogen) atoms. The summed E-state index contributed by atoms with van der Waals surface area (Å²) in [6.45, 7) is 2.99. The van der Waals surface area contributed by atoms with Gasteiger partial charge < -0.3 is 14.4 Å².